The molecule has 1 aliphatic carbocycles. The second-order valence-electron chi connectivity index (χ2n) is 5.86. The lowest BCUT2D eigenvalue weighted by atomic mass is 9.84. The number of nitrogens with one attached hydrogen (secondary N) is 2. The molecule has 0 bridgehead atoms. The minimum absolute atomic E-state index is 0.0508. The van der Waals surface area contributed by atoms with Gasteiger partial charge in [-0.15, -0.1) is 6.58 Å². The van der Waals surface area contributed by atoms with E-state index in [1.54, 1.807) is 6.08 Å². The molecule has 0 saturated heterocycles. The quantitative estimate of drug-likeness (QED) is 0.777. The lowest BCUT2D eigenvalue weighted by molar-refractivity contribution is 0.0958. The van der Waals surface area contributed by atoms with Gasteiger partial charge < -0.3 is 10.6 Å². The largest absolute Gasteiger partial charge is 0.382 e. The van der Waals surface area contributed by atoms with Crippen LogP contribution < -0.4 is 10.6 Å². The van der Waals surface area contributed by atoms with Crippen molar-refractivity contribution in [2.24, 2.45) is 5.92 Å². The third-order valence-electron chi connectivity index (χ3n) is 4.28. The number of amides is 1. The van der Waals surface area contributed by atoms with Crippen molar-refractivity contribution in [1.82, 2.24) is 5.32 Å². The molecule has 1 fully saturated rings. The number of benzene rings is 1. The first kappa shape index (κ1) is 15.6. The summed E-state index contributed by atoms with van der Waals surface area (Å²) in [6.07, 6.45) is 8.16. The van der Waals surface area contributed by atoms with Gasteiger partial charge in [-0.25, -0.2) is 0 Å². The van der Waals surface area contributed by atoms with Crippen LogP contribution in [0.15, 0.2) is 36.9 Å². The maximum absolute atomic E-state index is 11.8. The highest BCUT2D eigenvalue weighted by Crippen LogP contribution is 2.28. The van der Waals surface area contributed by atoms with Crippen LogP contribution in [0.3, 0.4) is 0 Å². The molecule has 1 amide bonds. The molecule has 2 rings (SSSR count). The van der Waals surface area contributed by atoms with Crippen molar-refractivity contribution < 1.29 is 4.79 Å². The Morgan fingerprint density at radius 1 is 1.33 bits per heavy atom. The van der Waals surface area contributed by atoms with Crippen LogP contribution in [0.5, 0.6) is 0 Å². The predicted molar refractivity (Wildman–Crippen MR) is 88.6 cm³/mol. The average Bonchev–Trinajstić information content (AvgIpc) is 2.53. The number of hydrogen-bond acceptors (Lipinski definition) is 2. The van der Waals surface area contributed by atoms with Gasteiger partial charge in [-0.1, -0.05) is 32.3 Å². The minimum atomic E-state index is -0.0508. The Morgan fingerprint density at radius 3 is 2.76 bits per heavy atom. The van der Waals surface area contributed by atoms with Gasteiger partial charge in [0.05, 0.1) is 0 Å². The Kier molecular flexibility index (Phi) is 5.85. The molecule has 0 aliphatic heterocycles. The molecule has 2 atom stereocenters. The van der Waals surface area contributed by atoms with Crippen LogP contribution in [0.2, 0.25) is 0 Å². The summed E-state index contributed by atoms with van der Waals surface area (Å²) in [6.45, 7) is 6.37. The molecular weight excluding hydrogens is 260 g/mol. The van der Waals surface area contributed by atoms with E-state index < -0.39 is 0 Å². The van der Waals surface area contributed by atoms with E-state index in [1.165, 1.54) is 32.1 Å². The predicted octanol–water partition coefficient (Wildman–Crippen LogP) is 3.98. The third kappa shape index (κ3) is 4.62. The van der Waals surface area contributed by atoms with Crippen LogP contribution in [0.4, 0.5) is 5.69 Å². The van der Waals surface area contributed by atoms with E-state index in [-0.39, 0.29) is 5.91 Å². The summed E-state index contributed by atoms with van der Waals surface area (Å²) in [6, 6.07) is 8.32. The second kappa shape index (κ2) is 7.87. The summed E-state index contributed by atoms with van der Waals surface area (Å²) in [5, 5.41) is 6.39. The maximum atomic E-state index is 11.8. The van der Waals surface area contributed by atoms with Crippen molar-refractivity contribution in [3.63, 3.8) is 0 Å². The molecule has 1 aliphatic rings. The number of anilines is 1. The molecule has 0 aromatic heterocycles. The van der Waals surface area contributed by atoms with E-state index in [1.807, 2.05) is 24.3 Å². The molecule has 1 saturated carbocycles. The van der Waals surface area contributed by atoms with E-state index in [0.29, 0.717) is 18.2 Å². The van der Waals surface area contributed by atoms with Crippen LogP contribution in [-0.2, 0) is 0 Å². The van der Waals surface area contributed by atoms with Crippen molar-refractivity contribution in [3.05, 3.63) is 42.5 Å². The van der Waals surface area contributed by atoms with Gasteiger partial charge in [-0.2, -0.15) is 0 Å². The lowest BCUT2D eigenvalue weighted by Crippen LogP contribution is -2.27. The maximum Gasteiger partial charge on any atom is 0.251 e. The Balaban J connectivity index is 1.90. The minimum Gasteiger partial charge on any atom is -0.382 e. The van der Waals surface area contributed by atoms with E-state index in [4.69, 9.17) is 0 Å². The van der Waals surface area contributed by atoms with Gasteiger partial charge in [0.15, 0.2) is 0 Å². The van der Waals surface area contributed by atoms with Gasteiger partial charge >= 0.3 is 0 Å². The van der Waals surface area contributed by atoms with Gasteiger partial charge in [0.2, 0.25) is 0 Å². The number of rotatable bonds is 6. The number of carbonyl (C=O) groups excluding carboxylic acids is 1. The first-order valence-corrected chi connectivity index (χ1v) is 7.98. The van der Waals surface area contributed by atoms with E-state index in [2.05, 4.69) is 24.1 Å². The summed E-state index contributed by atoms with van der Waals surface area (Å²) in [7, 11) is 0. The van der Waals surface area contributed by atoms with Crippen LogP contribution in [0.25, 0.3) is 0 Å². The van der Waals surface area contributed by atoms with Gasteiger partial charge in [-0.05, 0) is 43.0 Å². The smallest absolute Gasteiger partial charge is 0.251 e. The fourth-order valence-corrected chi connectivity index (χ4v) is 3.01. The lowest BCUT2D eigenvalue weighted by Gasteiger charge is -2.29. The molecule has 0 radical (unpaired) electrons. The molecule has 3 nitrogen and oxygen atoms in total. The molecule has 21 heavy (non-hydrogen) atoms. The van der Waals surface area contributed by atoms with E-state index >= 15 is 0 Å². The normalized spacial score (nSPS) is 21.6. The zero-order valence-corrected chi connectivity index (χ0v) is 12.9. The molecule has 114 valence electrons. The van der Waals surface area contributed by atoms with Crippen molar-refractivity contribution in [3.8, 4) is 0 Å². The molecule has 2 N–H and O–H groups in total. The standard InChI is InChI=1S/C18H26N2O/c1-3-12-19-18(21)15-8-10-16(11-9-15)20-17-7-5-6-14(4-2)13-17/h3,8-11,14,17,20H,1,4-7,12-13H2,2H3,(H,19,21). The summed E-state index contributed by atoms with van der Waals surface area (Å²) >= 11 is 0. The summed E-state index contributed by atoms with van der Waals surface area (Å²) in [4.78, 5) is 11.8. The number of carbonyl (C=O) groups is 1. The SMILES string of the molecule is C=CCNC(=O)c1ccc(NC2CCCC(CC)C2)cc1. The Morgan fingerprint density at radius 2 is 2.10 bits per heavy atom. The highest BCUT2D eigenvalue weighted by atomic mass is 16.1. The van der Waals surface area contributed by atoms with Crippen LogP contribution in [-0.4, -0.2) is 18.5 Å². The highest BCUT2D eigenvalue weighted by Gasteiger charge is 2.20. The van der Waals surface area contributed by atoms with Gasteiger partial charge in [-0.3, -0.25) is 4.79 Å². The molecule has 0 heterocycles. The summed E-state index contributed by atoms with van der Waals surface area (Å²) in [5.41, 5.74) is 1.80. The first-order chi connectivity index (χ1) is 10.2. The summed E-state index contributed by atoms with van der Waals surface area (Å²) < 4.78 is 0. The Bertz CT molecular complexity index is 467. The molecule has 1 aromatic carbocycles. The fraction of sp³-hybridized carbons (Fsp3) is 0.500. The second-order valence-corrected chi connectivity index (χ2v) is 5.86. The topological polar surface area (TPSA) is 41.1 Å². The van der Waals surface area contributed by atoms with Crippen LogP contribution in [0, 0.1) is 5.92 Å². The van der Waals surface area contributed by atoms with Crippen molar-refractivity contribution >= 4 is 11.6 Å². The van der Waals surface area contributed by atoms with Gasteiger partial charge in [0, 0.05) is 23.8 Å². The highest BCUT2D eigenvalue weighted by molar-refractivity contribution is 5.94. The Hall–Kier alpha value is -1.77. The average molecular weight is 286 g/mol. The first-order valence-electron chi connectivity index (χ1n) is 7.98. The summed E-state index contributed by atoms with van der Waals surface area (Å²) in [5.74, 6) is 0.811. The molecule has 2 unspecified atom stereocenters. The van der Waals surface area contributed by atoms with Crippen molar-refractivity contribution in [1.29, 1.82) is 0 Å². The monoisotopic (exact) mass is 286 g/mol. The Labute approximate surface area is 127 Å². The molecule has 0 spiro atoms. The van der Waals surface area contributed by atoms with Gasteiger partial charge in [0.1, 0.15) is 0 Å². The third-order valence-corrected chi connectivity index (χ3v) is 4.28. The zero-order chi connectivity index (χ0) is 15.1. The fourth-order valence-electron chi connectivity index (χ4n) is 3.01. The molecule has 3 heteroatoms. The molecular formula is C18H26N2O. The zero-order valence-electron chi connectivity index (χ0n) is 12.9. The van der Waals surface area contributed by atoms with E-state index in [9.17, 15) is 4.79 Å². The van der Waals surface area contributed by atoms with Gasteiger partial charge in [0.25, 0.3) is 5.91 Å². The number of hydrogen-bond donors (Lipinski definition) is 2. The molecule has 1 aromatic rings. The van der Waals surface area contributed by atoms with Crippen LogP contribution >= 0.6 is 0 Å². The van der Waals surface area contributed by atoms with Crippen molar-refractivity contribution in [2.45, 2.75) is 45.1 Å². The van der Waals surface area contributed by atoms with E-state index in [0.717, 1.165) is 11.6 Å². The van der Waals surface area contributed by atoms with Crippen molar-refractivity contribution in [2.75, 3.05) is 11.9 Å². The van der Waals surface area contributed by atoms with Crippen LogP contribution in [0.1, 0.15) is 49.4 Å².